The van der Waals surface area contributed by atoms with E-state index in [0.717, 1.165) is 36.1 Å². The number of carbonyl (C=O) groups is 2. The minimum atomic E-state index is -0.607. The summed E-state index contributed by atoms with van der Waals surface area (Å²) in [6.07, 6.45) is 5.12. The lowest BCUT2D eigenvalue weighted by Crippen LogP contribution is -2.47. The smallest absolute Gasteiger partial charge is 0.333 e. The molecule has 2 atom stereocenters. The summed E-state index contributed by atoms with van der Waals surface area (Å²) in [6, 6.07) is 10.4. The Labute approximate surface area is 247 Å². The number of benzene rings is 1. The maximum absolute atomic E-state index is 14.2. The molecule has 2 amide bonds. The molecule has 42 heavy (non-hydrogen) atoms. The van der Waals surface area contributed by atoms with Crippen LogP contribution in [0.25, 0.3) is 11.0 Å². The van der Waals surface area contributed by atoms with Crippen LogP contribution in [-0.2, 0) is 9.59 Å². The van der Waals surface area contributed by atoms with Gasteiger partial charge in [-0.15, -0.1) is 0 Å². The third-order valence-corrected chi connectivity index (χ3v) is 10.2. The molecule has 2 aromatic heterocycles. The number of carbonyl (C=O) groups excluding carboxylic acids is 2. The second-order valence-corrected chi connectivity index (χ2v) is 13.0. The summed E-state index contributed by atoms with van der Waals surface area (Å²) in [5.74, 6) is 0.663. The van der Waals surface area contributed by atoms with Crippen LogP contribution >= 0.6 is 11.8 Å². The molecule has 0 bridgehead atoms. The van der Waals surface area contributed by atoms with Gasteiger partial charge in [0.15, 0.2) is 0 Å². The van der Waals surface area contributed by atoms with Crippen LogP contribution in [0.5, 0.6) is 0 Å². The first-order valence-electron chi connectivity index (χ1n) is 14.9. The Morgan fingerprint density at radius 3 is 2.40 bits per heavy atom. The third-order valence-electron chi connectivity index (χ3n) is 9.17. The van der Waals surface area contributed by atoms with E-state index >= 15 is 0 Å². The molecule has 3 aromatic rings. The molecule has 2 saturated heterocycles. The van der Waals surface area contributed by atoms with Gasteiger partial charge in [0.25, 0.3) is 5.56 Å². The van der Waals surface area contributed by atoms with Crippen molar-refractivity contribution >= 4 is 34.6 Å². The number of pyridine rings is 1. The van der Waals surface area contributed by atoms with Gasteiger partial charge in [-0.05, 0) is 68.6 Å². The fraction of sp³-hybridized carbons (Fsp3) is 0.516. The number of hydrogen-bond acceptors (Lipinski definition) is 6. The van der Waals surface area contributed by atoms with Gasteiger partial charge >= 0.3 is 5.69 Å². The van der Waals surface area contributed by atoms with Crippen LogP contribution in [0.3, 0.4) is 0 Å². The number of nitrogens with one attached hydrogen (secondary N) is 1. The number of nitrogens with zero attached hydrogens (tertiary/aromatic N) is 4. The SMILES string of the molecule is C[C@H](c1ccccc1)N1C[C@H](C(=O)NC2CCC(n3c(=O)c4cc(F)cnc4n(C4CCSCC4)c3=O)CC2)CC1=O. The Kier molecular flexibility index (Phi) is 8.20. The van der Waals surface area contributed by atoms with Crippen LogP contribution in [0.2, 0.25) is 0 Å². The molecule has 1 aliphatic carbocycles. The molecule has 1 aromatic carbocycles. The summed E-state index contributed by atoms with van der Waals surface area (Å²) < 4.78 is 17.1. The van der Waals surface area contributed by atoms with E-state index in [1.165, 1.54) is 10.6 Å². The first kappa shape index (κ1) is 28.6. The lowest BCUT2D eigenvalue weighted by atomic mass is 9.90. The van der Waals surface area contributed by atoms with E-state index in [9.17, 15) is 23.6 Å². The first-order chi connectivity index (χ1) is 20.3. The monoisotopic (exact) mass is 593 g/mol. The molecule has 3 fully saturated rings. The highest BCUT2D eigenvalue weighted by Crippen LogP contribution is 2.32. The summed E-state index contributed by atoms with van der Waals surface area (Å²) in [7, 11) is 0. The molecule has 9 nitrogen and oxygen atoms in total. The number of halogens is 1. The molecule has 0 spiro atoms. The Morgan fingerprint density at radius 2 is 1.69 bits per heavy atom. The van der Waals surface area contributed by atoms with Gasteiger partial charge in [0.1, 0.15) is 11.5 Å². The summed E-state index contributed by atoms with van der Waals surface area (Å²) in [4.78, 5) is 59.2. The van der Waals surface area contributed by atoms with Crippen LogP contribution < -0.4 is 16.6 Å². The zero-order valence-electron chi connectivity index (χ0n) is 23.7. The van der Waals surface area contributed by atoms with Gasteiger partial charge in [-0.2, -0.15) is 11.8 Å². The number of rotatable bonds is 6. The normalized spacial score (nSPS) is 24.2. The van der Waals surface area contributed by atoms with Crippen molar-refractivity contribution in [2.24, 2.45) is 5.92 Å². The summed E-state index contributed by atoms with van der Waals surface area (Å²) in [5, 5.41) is 3.26. The van der Waals surface area contributed by atoms with Crippen LogP contribution in [0.1, 0.15) is 75.6 Å². The maximum Gasteiger partial charge on any atom is 0.333 e. The van der Waals surface area contributed by atoms with Crippen LogP contribution in [-0.4, -0.2) is 54.9 Å². The van der Waals surface area contributed by atoms with E-state index in [-0.39, 0.29) is 59.1 Å². The fourth-order valence-corrected chi connectivity index (χ4v) is 7.87. The quantitative estimate of drug-likeness (QED) is 0.464. The molecule has 3 aliphatic rings. The molecule has 11 heteroatoms. The first-order valence-corrected chi connectivity index (χ1v) is 16.0. The molecule has 222 valence electrons. The minimum Gasteiger partial charge on any atom is -0.353 e. The van der Waals surface area contributed by atoms with Crippen LogP contribution in [0, 0.1) is 11.7 Å². The number of amides is 2. The second-order valence-electron chi connectivity index (χ2n) is 11.7. The Balaban J connectivity index is 1.15. The lowest BCUT2D eigenvalue weighted by Gasteiger charge is -2.32. The summed E-state index contributed by atoms with van der Waals surface area (Å²) in [5.41, 5.74) is 0.400. The number of hydrogen-bond donors (Lipinski definition) is 1. The standard InChI is InChI=1S/C31H36FN5O4S/c1-19(20-5-3-2-4-6-20)35-18-21(15-27(35)38)29(39)34-23-7-9-24(10-8-23)37-30(40)26-16-22(32)17-33-28(26)36(31(37)41)25-11-13-42-14-12-25/h2-6,16-17,19,21,23-25H,7-15,18H2,1H3,(H,34,39)/t19-,21-,23?,24?/m1/s1. The molecule has 1 saturated carbocycles. The Morgan fingerprint density at radius 1 is 1.00 bits per heavy atom. The highest BCUT2D eigenvalue weighted by atomic mass is 32.2. The van der Waals surface area contributed by atoms with Crippen molar-refractivity contribution in [3.8, 4) is 0 Å². The number of likely N-dealkylation sites (tertiary alicyclic amines) is 1. The van der Waals surface area contributed by atoms with E-state index in [4.69, 9.17) is 0 Å². The van der Waals surface area contributed by atoms with Gasteiger partial charge in [-0.25, -0.2) is 14.2 Å². The molecule has 6 rings (SSSR count). The number of aromatic nitrogens is 3. The van der Waals surface area contributed by atoms with Crippen molar-refractivity contribution in [1.82, 2.24) is 24.3 Å². The highest BCUT2D eigenvalue weighted by Gasteiger charge is 2.38. The summed E-state index contributed by atoms with van der Waals surface area (Å²) in [6.45, 7) is 2.36. The average molecular weight is 594 g/mol. The summed E-state index contributed by atoms with van der Waals surface area (Å²) >= 11 is 1.84. The Hall–Kier alpha value is -3.47. The van der Waals surface area contributed by atoms with Crippen molar-refractivity contribution in [1.29, 1.82) is 0 Å². The van der Waals surface area contributed by atoms with Gasteiger partial charge in [0.05, 0.1) is 23.5 Å². The van der Waals surface area contributed by atoms with Gasteiger partial charge in [0, 0.05) is 31.1 Å². The van der Waals surface area contributed by atoms with E-state index in [1.54, 1.807) is 9.47 Å². The largest absolute Gasteiger partial charge is 0.353 e. The van der Waals surface area contributed by atoms with Gasteiger partial charge in [-0.1, -0.05) is 30.3 Å². The predicted octanol–water partition coefficient (Wildman–Crippen LogP) is 3.98. The van der Waals surface area contributed by atoms with Crippen molar-refractivity contribution in [3.05, 3.63) is 74.8 Å². The zero-order chi connectivity index (χ0) is 29.4. The molecular formula is C31H36FN5O4S. The minimum absolute atomic E-state index is 0.0235. The number of thioether (sulfide) groups is 1. The van der Waals surface area contributed by atoms with Crippen LogP contribution in [0.15, 0.2) is 52.2 Å². The van der Waals surface area contributed by atoms with Crippen LogP contribution in [0.4, 0.5) is 4.39 Å². The molecular weight excluding hydrogens is 557 g/mol. The topological polar surface area (TPSA) is 106 Å². The van der Waals surface area contributed by atoms with E-state index in [1.807, 2.05) is 49.0 Å². The van der Waals surface area contributed by atoms with Crippen molar-refractivity contribution in [3.63, 3.8) is 0 Å². The average Bonchev–Trinajstić information content (AvgIpc) is 3.40. The third kappa shape index (κ3) is 5.50. The maximum atomic E-state index is 14.2. The van der Waals surface area contributed by atoms with Gasteiger partial charge < -0.3 is 10.2 Å². The number of fused-ring (bicyclic) bond motifs is 1. The molecule has 1 N–H and O–H groups in total. The highest BCUT2D eigenvalue weighted by molar-refractivity contribution is 7.99. The van der Waals surface area contributed by atoms with E-state index < -0.39 is 17.3 Å². The Bertz CT molecular complexity index is 1590. The molecule has 2 aliphatic heterocycles. The van der Waals surface area contributed by atoms with Crippen molar-refractivity contribution in [2.75, 3.05) is 18.1 Å². The fourth-order valence-electron chi connectivity index (χ4n) is 6.79. The molecule has 0 radical (unpaired) electrons. The lowest BCUT2D eigenvalue weighted by molar-refractivity contribution is -0.130. The van der Waals surface area contributed by atoms with Gasteiger partial charge in [-0.3, -0.25) is 23.5 Å². The van der Waals surface area contributed by atoms with E-state index in [2.05, 4.69) is 10.3 Å². The zero-order valence-corrected chi connectivity index (χ0v) is 24.5. The van der Waals surface area contributed by atoms with Gasteiger partial charge in [0.2, 0.25) is 11.8 Å². The van der Waals surface area contributed by atoms with Crippen molar-refractivity contribution in [2.45, 2.75) is 76.0 Å². The van der Waals surface area contributed by atoms with E-state index in [0.29, 0.717) is 32.2 Å². The molecule has 0 unspecified atom stereocenters. The predicted molar refractivity (Wildman–Crippen MR) is 160 cm³/mol. The van der Waals surface area contributed by atoms with Crippen molar-refractivity contribution < 1.29 is 14.0 Å². The second kappa shape index (κ2) is 12.0. The molecule has 4 heterocycles.